The third-order valence-corrected chi connectivity index (χ3v) is 4.17. The smallest absolute Gasteiger partial charge is 0.184 e. The highest BCUT2D eigenvalue weighted by Crippen LogP contribution is 2.23. The Labute approximate surface area is 143 Å². The molecule has 3 aromatic rings. The molecule has 0 aromatic heterocycles. The minimum Gasteiger partial charge on any atom is -0.297 e. The van der Waals surface area contributed by atoms with Gasteiger partial charge in [-0.1, -0.05) is 91.0 Å². The molecule has 120 valence electrons. The summed E-state index contributed by atoms with van der Waals surface area (Å²) in [6.45, 7) is 2.09. The summed E-state index contributed by atoms with van der Waals surface area (Å²) >= 11 is 0. The van der Waals surface area contributed by atoms with E-state index in [0.29, 0.717) is 0 Å². The van der Waals surface area contributed by atoms with E-state index in [1.807, 2.05) is 78.9 Å². The van der Waals surface area contributed by atoms with Crippen LogP contribution in [-0.2, 0) is 0 Å². The summed E-state index contributed by atoms with van der Waals surface area (Å²) in [7, 11) is 0. The van der Waals surface area contributed by atoms with Crippen molar-refractivity contribution in [3.05, 3.63) is 108 Å². The van der Waals surface area contributed by atoms with Gasteiger partial charge in [0.2, 0.25) is 0 Å². The molecule has 0 saturated heterocycles. The van der Waals surface area contributed by atoms with Crippen LogP contribution in [0.4, 0.5) is 0 Å². The molecule has 3 aromatic carbocycles. The van der Waals surface area contributed by atoms with Crippen molar-refractivity contribution >= 4 is 5.78 Å². The third kappa shape index (κ3) is 3.79. The second-order valence-electron chi connectivity index (χ2n) is 5.87. The van der Waals surface area contributed by atoms with E-state index < -0.39 is 0 Å². The summed E-state index contributed by atoms with van der Waals surface area (Å²) in [5.41, 5.74) is 2.87. The van der Waals surface area contributed by atoms with Gasteiger partial charge in [-0.05, 0) is 18.1 Å². The average molecular weight is 315 g/mol. The van der Waals surface area contributed by atoms with Crippen LogP contribution in [0, 0.1) is 0 Å². The van der Waals surface area contributed by atoms with E-state index in [9.17, 15) is 4.79 Å². The van der Waals surface area contributed by atoms with Crippen LogP contribution in [0.25, 0.3) is 0 Å². The van der Waals surface area contributed by atoms with Gasteiger partial charge in [0, 0.05) is 11.6 Å². The number of benzene rings is 3. The summed E-state index contributed by atoms with van der Waals surface area (Å²) in [6, 6.07) is 29.2. The fraction of sp³-hybridized carbons (Fsp3) is 0.136. The van der Waals surface area contributed by atoms with Crippen LogP contribution in [0.2, 0.25) is 0 Å². The molecule has 0 aliphatic carbocycles. The van der Waals surface area contributed by atoms with Crippen molar-refractivity contribution in [1.29, 1.82) is 0 Å². The highest BCUT2D eigenvalue weighted by molar-refractivity contribution is 6.00. The van der Waals surface area contributed by atoms with Gasteiger partial charge in [0.1, 0.15) is 0 Å². The molecule has 0 amide bonds. The number of carbonyl (C=O) groups is 1. The molecule has 0 spiro atoms. The number of nitrogens with one attached hydrogen (secondary N) is 1. The maximum Gasteiger partial charge on any atom is 0.184 e. The molecule has 2 atom stereocenters. The molecule has 0 heterocycles. The Morgan fingerprint density at radius 2 is 1.17 bits per heavy atom. The SMILES string of the molecule is C[C@@H](N[C@@H](C(=O)c1ccccc1)c1ccccc1)c1ccccc1. The molecule has 0 aliphatic heterocycles. The Morgan fingerprint density at radius 3 is 1.71 bits per heavy atom. The molecule has 24 heavy (non-hydrogen) atoms. The lowest BCUT2D eigenvalue weighted by atomic mass is 9.95. The number of carbonyl (C=O) groups excluding carboxylic acids is 1. The second-order valence-corrected chi connectivity index (χ2v) is 5.87. The molecule has 0 saturated carbocycles. The van der Waals surface area contributed by atoms with Crippen LogP contribution < -0.4 is 5.32 Å². The van der Waals surface area contributed by atoms with Gasteiger partial charge < -0.3 is 0 Å². The van der Waals surface area contributed by atoms with E-state index in [2.05, 4.69) is 24.4 Å². The standard InChI is InChI=1S/C22H21NO/c1-17(18-11-5-2-6-12-18)23-21(19-13-7-3-8-14-19)22(24)20-15-9-4-10-16-20/h2-17,21,23H,1H3/t17-,21-/m1/s1. The molecule has 1 N–H and O–H groups in total. The van der Waals surface area contributed by atoms with E-state index in [-0.39, 0.29) is 17.9 Å². The Kier molecular flexibility index (Phi) is 5.19. The lowest BCUT2D eigenvalue weighted by molar-refractivity contribution is 0.0936. The highest BCUT2D eigenvalue weighted by atomic mass is 16.1. The van der Waals surface area contributed by atoms with Crippen LogP contribution >= 0.6 is 0 Å². The number of hydrogen-bond acceptors (Lipinski definition) is 2. The zero-order valence-corrected chi connectivity index (χ0v) is 13.7. The van der Waals surface area contributed by atoms with Gasteiger partial charge in [0.25, 0.3) is 0 Å². The first-order chi connectivity index (χ1) is 11.8. The fourth-order valence-corrected chi connectivity index (χ4v) is 2.83. The van der Waals surface area contributed by atoms with Crippen molar-refractivity contribution in [3.8, 4) is 0 Å². The lowest BCUT2D eigenvalue weighted by Gasteiger charge is -2.23. The van der Waals surface area contributed by atoms with Crippen molar-refractivity contribution in [2.45, 2.75) is 19.0 Å². The lowest BCUT2D eigenvalue weighted by Crippen LogP contribution is -2.31. The second kappa shape index (κ2) is 7.71. The van der Waals surface area contributed by atoms with Crippen LogP contribution in [0.3, 0.4) is 0 Å². The Balaban J connectivity index is 1.90. The van der Waals surface area contributed by atoms with Crippen LogP contribution in [0.1, 0.15) is 40.5 Å². The molecule has 0 fully saturated rings. The quantitative estimate of drug-likeness (QED) is 0.651. The highest BCUT2D eigenvalue weighted by Gasteiger charge is 2.23. The van der Waals surface area contributed by atoms with E-state index in [1.165, 1.54) is 5.56 Å². The van der Waals surface area contributed by atoms with E-state index >= 15 is 0 Å². The molecule has 2 heteroatoms. The first-order valence-corrected chi connectivity index (χ1v) is 8.21. The molecular formula is C22H21NO. The van der Waals surface area contributed by atoms with Crippen molar-refractivity contribution in [2.75, 3.05) is 0 Å². The summed E-state index contributed by atoms with van der Waals surface area (Å²) in [4.78, 5) is 13.0. The summed E-state index contributed by atoms with van der Waals surface area (Å²) in [6.07, 6.45) is 0. The number of ketones is 1. The fourth-order valence-electron chi connectivity index (χ4n) is 2.83. The number of rotatable bonds is 6. The monoisotopic (exact) mass is 315 g/mol. The Hall–Kier alpha value is -2.71. The molecule has 0 bridgehead atoms. The van der Waals surface area contributed by atoms with Gasteiger partial charge in [-0.25, -0.2) is 0 Å². The van der Waals surface area contributed by atoms with E-state index in [1.54, 1.807) is 0 Å². The van der Waals surface area contributed by atoms with Crippen molar-refractivity contribution in [2.24, 2.45) is 0 Å². The van der Waals surface area contributed by atoms with Gasteiger partial charge in [0.05, 0.1) is 6.04 Å². The minimum absolute atomic E-state index is 0.0732. The number of Topliss-reactive ketones (excluding diaryl/α,β-unsaturated/α-hetero) is 1. The normalized spacial score (nSPS) is 13.2. The van der Waals surface area contributed by atoms with E-state index in [0.717, 1.165) is 11.1 Å². The maximum atomic E-state index is 13.0. The molecule has 2 nitrogen and oxygen atoms in total. The van der Waals surface area contributed by atoms with Gasteiger partial charge in [-0.3, -0.25) is 10.1 Å². The molecular weight excluding hydrogens is 294 g/mol. The summed E-state index contributed by atoms with van der Waals surface area (Å²) in [5.74, 6) is 0.0876. The van der Waals surface area contributed by atoms with Crippen LogP contribution in [0.15, 0.2) is 91.0 Å². The maximum absolute atomic E-state index is 13.0. The zero-order chi connectivity index (χ0) is 16.8. The van der Waals surface area contributed by atoms with Crippen molar-refractivity contribution in [3.63, 3.8) is 0 Å². The van der Waals surface area contributed by atoms with Gasteiger partial charge in [0.15, 0.2) is 5.78 Å². The largest absolute Gasteiger partial charge is 0.297 e. The van der Waals surface area contributed by atoms with Crippen LogP contribution in [-0.4, -0.2) is 5.78 Å². The number of hydrogen-bond donors (Lipinski definition) is 1. The topological polar surface area (TPSA) is 29.1 Å². The molecule has 0 aliphatic rings. The van der Waals surface area contributed by atoms with Crippen molar-refractivity contribution in [1.82, 2.24) is 5.32 Å². The van der Waals surface area contributed by atoms with Gasteiger partial charge in [-0.2, -0.15) is 0 Å². The van der Waals surface area contributed by atoms with Crippen molar-refractivity contribution < 1.29 is 4.79 Å². The minimum atomic E-state index is -0.371. The molecule has 3 rings (SSSR count). The van der Waals surface area contributed by atoms with Gasteiger partial charge >= 0.3 is 0 Å². The Morgan fingerprint density at radius 1 is 0.708 bits per heavy atom. The average Bonchev–Trinajstić information content (AvgIpc) is 2.67. The third-order valence-electron chi connectivity index (χ3n) is 4.17. The zero-order valence-electron chi connectivity index (χ0n) is 13.7. The summed E-state index contributed by atoms with van der Waals surface area (Å²) in [5, 5.41) is 3.50. The predicted octanol–water partition coefficient (Wildman–Crippen LogP) is 4.96. The summed E-state index contributed by atoms with van der Waals surface area (Å²) < 4.78 is 0. The first-order valence-electron chi connectivity index (χ1n) is 8.21. The predicted molar refractivity (Wildman–Crippen MR) is 97.9 cm³/mol. The first kappa shape index (κ1) is 16.2. The van der Waals surface area contributed by atoms with E-state index in [4.69, 9.17) is 0 Å². The molecule has 0 radical (unpaired) electrons. The van der Waals surface area contributed by atoms with Crippen LogP contribution in [0.5, 0.6) is 0 Å². The molecule has 0 unspecified atom stereocenters. The van der Waals surface area contributed by atoms with Gasteiger partial charge in [-0.15, -0.1) is 0 Å². The Bertz CT molecular complexity index is 769.